The standard InChI is InChI=1S/C6H5Cl2N3O/c7-5-3(2-12)6(8)11-4(1-9)10-5/h2H,1,9H2. The summed E-state index contributed by atoms with van der Waals surface area (Å²) in [4.78, 5) is 17.8. The van der Waals surface area contributed by atoms with Crippen LogP contribution in [0.15, 0.2) is 0 Å². The zero-order chi connectivity index (χ0) is 9.14. The van der Waals surface area contributed by atoms with Crippen LogP contribution in [0.1, 0.15) is 16.2 Å². The lowest BCUT2D eigenvalue weighted by Crippen LogP contribution is -2.05. The van der Waals surface area contributed by atoms with E-state index in [1.54, 1.807) is 0 Å². The maximum absolute atomic E-state index is 10.4. The van der Waals surface area contributed by atoms with Crippen LogP contribution in [-0.4, -0.2) is 16.3 Å². The van der Waals surface area contributed by atoms with Crippen LogP contribution in [-0.2, 0) is 6.54 Å². The normalized spacial score (nSPS) is 9.92. The average Bonchev–Trinajstić information content (AvgIpc) is 2.03. The van der Waals surface area contributed by atoms with E-state index < -0.39 is 0 Å². The topological polar surface area (TPSA) is 68.9 Å². The van der Waals surface area contributed by atoms with Crippen molar-refractivity contribution >= 4 is 29.5 Å². The monoisotopic (exact) mass is 205 g/mol. The molecular weight excluding hydrogens is 201 g/mol. The summed E-state index contributed by atoms with van der Waals surface area (Å²) in [6.07, 6.45) is 0.505. The van der Waals surface area contributed by atoms with Crippen molar-refractivity contribution in [2.24, 2.45) is 5.73 Å². The van der Waals surface area contributed by atoms with Crippen LogP contribution < -0.4 is 5.73 Å². The quantitative estimate of drug-likeness (QED) is 0.580. The molecule has 0 aromatic carbocycles. The molecule has 0 amide bonds. The van der Waals surface area contributed by atoms with Crippen LogP contribution in [0.4, 0.5) is 0 Å². The van der Waals surface area contributed by atoms with Crippen LogP contribution in [0.2, 0.25) is 10.3 Å². The molecule has 0 saturated carbocycles. The van der Waals surface area contributed by atoms with Crippen molar-refractivity contribution in [3.63, 3.8) is 0 Å². The average molecular weight is 206 g/mol. The maximum atomic E-state index is 10.4. The zero-order valence-electron chi connectivity index (χ0n) is 5.92. The molecule has 1 heterocycles. The highest BCUT2D eigenvalue weighted by molar-refractivity contribution is 6.36. The fourth-order valence-corrected chi connectivity index (χ4v) is 1.16. The van der Waals surface area contributed by atoms with Crippen molar-refractivity contribution in [3.8, 4) is 0 Å². The van der Waals surface area contributed by atoms with Gasteiger partial charge in [-0.25, -0.2) is 9.97 Å². The lowest BCUT2D eigenvalue weighted by molar-refractivity contribution is 0.112. The van der Waals surface area contributed by atoms with Crippen molar-refractivity contribution in [2.45, 2.75) is 6.54 Å². The van der Waals surface area contributed by atoms with E-state index >= 15 is 0 Å². The Hall–Kier alpha value is -0.710. The summed E-state index contributed by atoms with van der Waals surface area (Å²) in [7, 11) is 0. The molecule has 1 aromatic heterocycles. The molecule has 0 bridgehead atoms. The molecule has 4 nitrogen and oxygen atoms in total. The molecule has 6 heteroatoms. The molecule has 0 aliphatic rings. The highest BCUT2D eigenvalue weighted by atomic mass is 35.5. The Morgan fingerprint density at radius 1 is 1.33 bits per heavy atom. The van der Waals surface area contributed by atoms with Crippen molar-refractivity contribution in [3.05, 3.63) is 21.7 Å². The summed E-state index contributed by atoms with van der Waals surface area (Å²) in [5, 5.41) is 0.0656. The molecule has 1 rings (SSSR count). The number of aromatic nitrogens is 2. The lowest BCUT2D eigenvalue weighted by Gasteiger charge is -2.00. The number of aldehydes is 1. The van der Waals surface area contributed by atoms with Crippen LogP contribution in [0.3, 0.4) is 0 Å². The van der Waals surface area contributed by atoms with Gasteiger partial charge in [-0.15, -0.1) is 0 Å². The van der Waals surface area contributed by atoms with E-state index in [0.29, 0.717) is 12.1 Å². The third-order valence-corrected chi connectivity index (χ3v) is 1.78. The van der Waals surface area contributed by atoms with Gasteiger partial charge in [0.25, 0.3) is 0 Å². The Bertz CT molecular complexity index is 293. The highest BCUT2D eigenvalue weighted by Gasteiger charge is 2.09. The third-order valence-electron chi connectivity index (χ3n) is 1.20. The summed E-state index contributed by atoms with van der Waals surface area (Å²) in [6, 6.07) is 0. The van der Waals surface area contributed by atoms with Gasteiger partial charge in [-0.05, 0) is 0 Å². The molecule has 0 radical (unpaired) electrons. The van der Waals surface area contributed by atoms with Gasteiger partial charge in [0.2, 0.25) is 0 Å². The second-order valence-electron chi connectivity index (χ2n) is 1.96. The van der Waals surface area contributed by atoms with E-state index in [0.717, 1.165) is 0 Å². The van der Waals surface area contributed by atoms with Crippen molar-refractivity contribution < 1.29 is 4.79 Å². The molecule has 64 valence electrons. The Morgan fingerprint density at radius 3 is 2.17 bits per heavy atom. The van der Waals surface area contributed by atoms with Crippen LogP contribution >= 0.6 is 23.2 Å². The van der Waals surface area contributed by atoms with Gasteiger partial charge in [0.1, 0.15) is 16.1 Å². The molecule has 1 aromatic rings. The molecule has 0 saturated heterocycles. The molecule has 2 N–H and O–H groups in total. The minimum absolute atomic E-state index is 0.0328. The summed E-state index contributed by atoms with van der Waals surface area (Å²) < 4.78 is 0. The van der Waals surface area contributed by atoms with Gasteiger partial charge in [0.15, 0.2) is 6.29 Å². The van der Waals surface area contributed by atoms with Gasteiger partial charge in [-0.3, -0.25) is 4.79 Å². The smallest absolute Gasteiger partial charge is 0.156 e. The van der Waals surface area contributed by atoms with Gasteiger partial charge < -0.3 is 5.73 Å². The fraction of sp³-hybridized carbons (Fsp3) is 0.167. The molecule has 0 fully saturated rings. The predicted molar refractivity (Wildman–Crippen MR) is 45.3 cm³/mol. The van der Waals surface area contributed by atoms with E-state index in [1.165, 1.54) is 0 Å². The fourth-order valence-electron chi connectivity index (χ4n) is 0.646. The minimum Gasteiger partial charge on any atom is -0.324 e. The second-order valence-corrected chi connectivity index (χ2v) is 2.67. The SMILES string of the molecule is NCc1nc(Cl)c(C=O)c(Cl)n1. The molecule has 0 aliphatic carbocycles. The third kappa shape index (κ3) is 1.72. The number of halogens is 2. The van der Waals surface area contributed by atoms with Gasteiger partial charge in [0, 0.05) is 0 Å². The first-order valence-electron chi connectivity index (χ1n) is 3.06. The van der Waals surface area contributed by atoms with Gasteiger partial charge in [-0.1, -0.05) is 23.2 Å². The Morgan fingerprint density at radius 2 is 1.83 bits per heavy atom. The van der Waals surface area contributed by atoms with E-state index in [9.17, 15) is 4.79 Å². The zero-order valence-corrected chi connectivity index (χ0v) is 7.43. The number of carbonyl (C=O) groups is 1. The highest BCUT2D eigenvalue weighted by Crippen LogP contribution is 2.18. The van der Waals surface area contributed by atoms with Gasteiger partial charge in [-0.2, -0.15) is 0 Å². The molecule has 0 spiro atoms. The van der Waals surface area contributed by atoms with Crippen LogP contribution in [0.5, 0.6) is 0 Å². The summed E-state index contributed by atoms with van der Waals surface area (Å²) >= 11 is 11.2. The van der Waals surface area contributed by atoms with E-state index in [4.69, 9.17) is 28.9 Å². The molecule has 0 aliphatic heterocycles. The Labute approximate surface area is 78.7 Å². The van der Waals surface area contributed by atoms with E-state index in [1.807, 2.05) is 0 Å². The van der Waals surface area contributed by atoms with Crippen molar-refractivity contribution in [1.29, 1.82) is 0 Å². The van der Waals surface area contributed by atoms with Crippen molar-refractivity contribution in [1.82, 2.24) is 9.97 Å². The first kappa shape index (κ1) is 9.38. The van der Waals surface area contributed by atoms with Crippen molar-refractivity contribution in [2.75, 3.05) is 0 Å². The van der Waals surface area contributed by atoms with Crippen LogP contribution in [0.25, 0.3) is 0 Å². The number of carbonyl (C=O) groups excluding carboxylic acids is 1. The largest absolute Gasteiger partial charge is 0.324 e. The molecule has 12 heavy (non-hydrogen) atoms. The summed E-state index contributed by atoms with van der Waals surface area (Å²) in [6.45, 7) is 0.137. The molecule has 0 atom stereocenters. The molecule has 0 unspecified atom stereocenters. The number of hydrogen-bond donors (Lipinski definition) is 1. The summed E-state index contributed by atoms with van der Waals surface area (Å²) in [5.74, 6) is 0.315. The van der Waals surface area contributed by atoms with Gasteiger partial charge in [0.05, 0.1) is 12.1 Å². The Balaban J connectivity index is 3.27. The Kier molecular flexibility index (Phi) is 2.97. The number of rotatable bonds is 2. The first-order valence-corrected chi connectivity index (χ1v) is 3.81. The van der Waals surface area contributed by atoms with E-state index in [2.05, 4.69) is 9.97 Å². The first-order chi connectivity index (χ1) is 5.69. The number of nitrogens with zero attached hydrogens (tertiary/aromatic N) is 2. The number of nitrogens with two attached hydrogens (primary N) is 1. The summed E-state index contributed by atoms with van der Waals surface area (Å²) in [5.41, 5.74) is 5.34. The molecular formula is C6H5Cl2N3O. The lowest BCUT2D eigenvalue weighted by atomic mass is 10.4. The maximum Gasteiger partial charge on any atom is 0.156 e. The van der Waals surface area contributed by atoms with Gasteiger partial charge >= 0.3 is 0 Å². The second kappa shape index (κ2) is 3.80. The predicted octanol–water partition coefficient (Wildman–Crippen LogP) is 1.05. The number of hydrogen-bond acceptors (Lipinski definition) is 4. The minimum atomic E-state index is 0.0328. The van der Waals surface area contributed by atoms with Crippen LogP contribution in [0, 0.1) is 0 Å². The van der Waals surface area contributed by atoms with E-state index in [-0.39, 0.29) is 22.4 Å².